The van der Waals surface area contributed by atoms with Gasteiger partial charge in [0.1, 0.15) is 11.8 Å². The largest absolute Gasteiger partial charge is 0.506 e. The number of esters is 1. The number of carbonyl (C=O) groups excluding carboxylic acids is 2. The molecule has 1 heterocycles. The molecular formula is C31H38N4O7S. The Balaban J connectivity index is 1.26. The zero-order chi connectivity index (χ0) is 31.0. The minimum Gasteiger partial charge on any atom is -0.506 e. The van der Waals surface area contributed by atoms with Crippen molar-refractivity contribution in [1.29, 1.82) is 0 Å². The molecule has 3 aromatic carbocycles. The van der Waals surface area contributed by atoms with Gasteiger partial charge in [-0.15, -0.1) is 0 Å². The summed E-state index contributed by atoms with van der Waals surface area (Å²) in [7, 11) is -2.27. The Labute approximate surface area is 251 Å². The van der Waals surface area contributed by atoms with Crippen molar-refractivity contribution >= 4 is 33.3 Å². The molecule has 0 spiro atoms. The average molecular weight is 611 g/mol. The van der Waals surface area contributed by atoms with E-state index in [1.165, 1.54) is 19.2 Å². The lowest BCUT2D eigenvalue weighted by molar-refractivity contribution is -0.142. The number of aliphatic hydroxyl groups excluding tert-OH is 1. The minimum atomic E-state index is -3.58. The third kappa shape index (κ3) is 9.18. The third-order valence-corrected chi connectivity index (χ3v) is 7.95. The number of anilines is 2. The van der Waals surface area contributed by atoms with Crippen molar-refractivity contribution in [3.8, 4) is 5.75 Å². The normalized spacial score (nSPS) is 15.4. The fourth-order valence-corrected chi connectivity index (χ4v) is 5.59. The van der Waals surface area contributed by atoms with E-state index in [-0.39, 0.29) is 29.9 Å². The van der Waals surface area contributed by atoms with Crippen molar-refractivity contribution in [1.82, 2.24) is 10.6 Å². The number of benzene rings is 3. The van der Waals surface area contributed by atoms with Crippen LogP contribution in [-0.2, 0) is 26.0 Å². The third-order valence-electron chi connectivity index (χ3n) is 7.36. The molecule has 1 aliphatic rings. The standard InChI is InChI=1S/C31H38N4O7S/c1-42-31(39)27(18-21-6-4-3-5-7-21)33-30(38)22-8-11-25(12-9-22)35-16-14-24(15-17-35)32-20-29(37)23-10-13-28(36)26(19-23)34-43(2,40)41/h3-13,19,24,27,29,32,34,36-37H,14-18,20H2,1-2H3,(H,33,38)/t27-,29+/m0/s1. The Morgan fingerprint density at radius 2 is 1.70 bits per heavy atom. The van der Waals surface area contributed by atoms with E-state index in [0.29, 0.717) is 17.5 Å². The smallest absolute Gasteiger partial charge is 0.328 e. The summed E-state index contributed by atoms with van der Waals surface area (Å²) in [5.74, 6) is -1.08. The van der Waals surface area contributed by atoms with Gasteiger partial charge in [-0.2, -0.15) is 0 Å². The number of hydrogen-bond donors (Lipinski definition) is 5. The van der Waals surface area contributed by atoms with Crippen LogP contribution in [0.15, 0.2) is 72.8 Å². The van der Waals surface area contributed by atoms with E-state index >= 15 is 0 Å². The molecule has 3 aromatic rings. The molecule has 0 aliphatic carbocycles. The van der Waals surface area contributed by atoms with Gasteiger partial charge in [0.2, 0.25) is 10.0 Å². The number of hydrogen-bond acceptors (Lipinski definition) is 9. The molecule has 43 heavy (non-hydrogen) atoms. The summed E-state index contributed by atoms with van der Waals surface area (Å²) in [4.78, 5) is 27.4. The fourth-order valence-electron chi connectivity index (χ4n) is 5.03. The van der Waals surface area contributed by atoms with Crippen LogP contribution in [0, 0.1) is 0 Å². The molecular weight excluding hydrogens is 572 g/mol. The van der Waals surface area contributed by atoms with E-state index in [2.05, 4.69) is 20.3 Å². The Morgan fingerprint density at radius 3 is 2.33 bits per heavy atom. The van der Waals surface area contributed by atoms with Crippen molar-refractivity contribution < 1.29 is 33.0 Å². The zero-order valence-corrected chi connectivity index (χ0v) is 25.0. The first-order valence-electron chi connectivity index (χ1n) is 14.0. The summed E-state index contributed by atoms with van der Waals surface area (Å²) < 4.78 is 30.2. The molecule has 1 saturated heterocycles. The quantitative estimate of drug-likeness (QED) is 0.154. The molecule has 230 valence electrons. The number of carbonyl (C=O) groups is 2. The first-order chi connectivity index (χ1) is 20.5. The summed E-state index contributed by atoms with van der Waals surface area (Å²) in [5, 5.41) is 26.7. The van der Waals surface area contributed by atoms with Crippen LogP contribution in [-0.4, -0.2) is 75.6 Å². The zero-order valence-electron chi connectivity index (χ0n) is 24.2. The van der Waals surface area contributed by atoms with Crippen LogP contribution in [0.4, 0.5) is 11.4 Å². The molecule has 0 unspecified atom stereocenters. The summed E-state index contributed by atoms with van der Waals surface area (Å²) >= 11 is 0. The first kappa shape index (κ1) is 31.8. The van der Waals surface area contributed by atoms with E-state index in [1.54, 1.807) is 18.2 Å². The van der Waals surface area contributed by atoms with Crippen molar-refractivity contribution in [2.45, 2.75) is 37.5 Å². The number of aromatic hydroxyl groups is 1. The first-order valence-corrected chi connectivity index (χ1v) is 15.9. The summed E-state index contributed by atoms with van der Waals surface area (Å²) in [6, 6.07) is 20.4. The molecule has 1 fully saturated rings. The molecule has 4 rings (SSSR count). The van der Waals surface area contributed by atoms with Gasteiger partial charge in [0.15, 0.2) is 0 Å². The predicted molar refractivity (Wildman–Crippen MR) is 165 cm³/mol. The summed E-state index contributed by atoms with van der Waals surface area (Å²) in [6.45, 7) is 1.83. The van der Waals surface area contributed by atoms with Crippen molar-refractivity contribution in [2.75, 3.05) is 42.6 Å². The number of rotatable bonds is 12. The Hall–Kier alpha value is -4.13. The number of piperidine rings is 1. The number of methoxy groups -OCH3 is 1. The van der Waals surface area contributed by atoms with Gasteiger partial charge < -0.3 is 30.5 Å². The number of phenolic OH excluding ortho intramolecular Hbond substituents is 1. The number of ether oxygens (including phenoxy) is 1. The number of amides is 1. The van der Waals surface area contributed by atoms with Crippen LogP contribution >= 0.6 is 0 Å². The lowest BCUT2D eigenvalue weighted by Gasteiger charge is -2.34. The number of nitrogens with one attached hydrogen (secondary N) is 3. The molecule has 5 N–H and O–H groups in total. The van der Waals surface area contributed by atoms with E-state index in [1.807, 2.05) is 42.5 Å². The predicted octanol–water partition coefficient (Wildman–Crippen LogP) is 2.57. The van der Waals surface area contributed by atoms with Crippen LogP contribution < -0.4 is 20.3 Å². The highest BCUT2D eigenvalue weighted by Crippen LogP contribution is 2.28. The van der Waals surface area contributed by atoms with Gasteiger partial charge in [0.25, 0.3) is 5.91 Å². The molecule has 2 atom stereocenters. The summed E-state index contributed by atoms with van der Waals surface area (Å²) in [5.41, 5.74) is 2.85. The number of sulfonamides is 1. The lowest BCUT2D eigenvalue weighted by Crippen LogP contribution is -2.44. The van der Waals surface area contributed by atoms with Crippen LogP contribution in [0.3, 0.4) is 0 Å². The van der Waals surface area contributed by atoms with E-state index in [4.69, 9.17) is 4.74 Å². The highest BCUT2D eigenvalue weighted by Gasteiger charge is 2.24. The maximum atomic E-state index is 12.9. The molecule has 0 bridgehead atoms. The van der Waals surface area contributed by atoms with E-state index in [0.717, 1.165) is 43.4 Å². The van der Waals surface area contributed by atoms with Crippen molar-refractivity contribution in [3.63, 3.8) is 0 Å². The topological polar surface area (TPSA) is 157 Å². The molecule has 12 heteroatoms. The fraction of sp³-hybridized carbons (Fsp3) is 0.355. The van der Waals surface area contributed by atoms with Gasteiger partial charge in [-0.1, -0.05) is 36.4 Å². The van der Waals surface area contributed by atoms with Crippen LogP contribution in [0.5, 0.6) is 5.75 Å². The lowest BCUT2D eigenvalue weighted by atomic mass is 10.0. The SMILES string of the molecule is COC(=O)[C@H](Cc1ccccc1)NC(=O)c1ccc(N2CCC(NC[C@@H](O)c3ccc(O)c(NS(C)(=O)=O)c3)CC2)cc1. The molecule has 11 nitrogen and oxygen atoms in total. The van der Waals surface area contributed by atoms with E-state index < -0.39 is 28.1 Å². The highest BCUT2D eigenvalue weighted by molar-refractivity contribution is 7.92. The monoisotopic (exact) mass is 610 g/mol. The Bertz CT molecular complexity index is 1490. The molecule has 1 aliphatic heterocycles. The van der Waals surface area contributed by atoms with Crippen LogP contribution in [0.2, 0.25) is 0 Å². The van der Waals surface area contributed by atoms with Gasteiger partial charge in [-0.05, 0) is 60.4 Å². The van der Waals surface area contributed by atoms with Gasteiger partial charge in [0, 0.05) is 43.3 Å². The number of phenols is 1. The second-order valence-corrected chi connectivity index (χ2v) is 12.4. The number of aliphatic hydroxyl groups is 1. The molecule has 0 aromatic heterocycles. The van der Waals surface area contributed by atoms with E-state index in [9.17, 15) is 28.2 Å². The number of nitrogens with zero attached hydrogens (tertiary/aromatic N) is 1. The molecule has 0 saturated carbocycles. The second-order valence-electron chi connectivity index (χ2n) is 10.6. The van der Waals surface area contributed by atoms with Gasteiger partial charge in [0.05, 0.1) is 25.2 Å². The van der Waals surface area contributed by atoms with Gasteiger partial charge in [-0.25, -0.2) is 13.2 Å². The van der Waals surface area contributed by atoms with Crippen molar-refractivity contribution in [3.05, 3.63) is 89.5 Å². The Kier molecular flexibility index (Phi) is 10.6. The van der Waals surface area contributed by atoms with Gasteiger partial charge in [-0.3, -0.25) is 9.52 Å². The maximum absolute atomic E-state index is 12.9. The summed E-state index contributed by atoms with van der Waals surface area (Å²) in [6.07, 6.45) is 2.11. The second kappa shape index (κ2) is 14.4. The molecule has 1 amide bonds. The van der Waals surface area contributed by atoms with Gasteiger partial charge >= 0.3 is 5.97 Å². The van der Waals surface area contributed by atoms with Crippen molar-refractivity contribution in [2.24, 2.45) is 0 Å². The Morgan fingerprint density at radius 1 is 1.02 bits per heavy atom. The minimum absolute atomic E-state index is 0.0197. The maximum Gasteiger partial charge on any atom is 0.328 e. The van der Waals surface area contributed by atoms with Crippen LogP contribution in [0.25, 0.3) is 0 Å². The highest BCUT2D eigenvalue weighted by atomic mass is 32.2. The average Bonchev–Trinajstić information content (AvgIpc) is 3.00. The molecule has 0 radical (unpaired) electrons. The van der Waals surface area contributed by atoms with Crippen LogP contribution in [0.1, 0.15) is 40.4 Å².